The van der Waals surface area contributed by atoms with E-state index in [0.29, 0.717) is 37.3 Å². The number of rotatable bonds is 4. The van der Waals surface area contributed by atoms with E-state index in [1.54, 1.807) is 24.3 Å². The molecular formula is C15H21N3O3. The van der Waals surface area contributed by atoms with Crippen molar-refractivity contribution in [3.05, 3.63) is 29.8 Å². The molecule has 0 saturated carbocycles. The normalized spacial score (nSPS) is 15.8. The van der Waals surface area contributed by atoms with Gasteiger partial charge in [-0.25, -0.2) is 0 Å². The molecule has 21 heavy (non-hydrogen) atoms. The van der Waals surface area contributed by atoms with Crippen molar-refractivity contribution in [2.45, 2.75) is 6.42 Å². The van der Waals surface area contributed by atoms with Crippen molar-refractivity contribution in [2.24, 2.45) is 0 Å². The highest BCUT2D eigenvalue weighted by Crippen LogP contribution is 2.11. The van der Waals surface area contributed by atoms with Crippen LogP contribution in [-0.2, 0) is 9.53 Å². The van der Waals surface area contributed by atoms with Crippen molar-refractivity contribution < 1.29 is 14.3 Å². The third-order valence-electron chi connectivity index (χ3n) is 3.68. The molecule has 0 bridgehead atoms. The molecule has 0 spiro atoms. The molecule has 1 aromatic rings. The molecule has 1 amide bonds. The summed E-state index contributed by atoms with van der Waals surface area (Å²) >= 11 is 0. The maximum atomic E-state index is 12.3. The van der Waals surface area contributed by atoms with E-state index in [-0.39, 0.29) is 11.9 Å². The van der Waals surface area contributed by atoms with Crippen LogP contribution in [0, 0.1) is 0 Å². The summed E-state index contributed by atoms with van der Waals surface area (Å²) in [4.78, 5) is 27.4. The monoisotopic (exact) mass is 291 g/mol. The Morgan fingerprint density at radius 2 is 1.76 bits per heavy atom. The highest BCUT2D eigenvalue weighted by atomic mass is 16.5. The average Bonchev–Trinajstić information content (AvgIpc) is 2.53. The van der Waals surface area contributed by atoms with Crippen LogP contribution in [0.3, 0.4) is 0 Å². The van der Waals surface area contributed by atoms with Crippen molar-refractivity contribution in [3.63, 3.8) is 0 Å². The van der Waals surface area contributed by atoms with Gasteiger partial charge in [0.1, 0.15) is 0 Å². The summed E-state index contributed by atoms with van der Waals surface area (Å²) in [7, 11) is 1.39. The Morgan fingerprint density at radius 1 is 1.14 bits per heavy atom. The fourth-order valence-corrected chi connectivity index (χ4v) is 2.33. The van der Waals surface area contributed by atoms with Crippen LogP contribution < -0.4 is 5.73 Å². The standard InChI is InChI=1S/C15H21N3O3/c1-21-14(19)6-7-17-8-10-18(11-9-17)15(20)12-2-4-13(16)5-3-12/h2-5H,6-11,16H2,1H3. The third-order valence-corrected chi connectivity index (χ3v) is 3.68. The summed E-state index contributed by atoms with van der Waals surface area (Å²) in [6.07, 6.45) is 0.391. The van der Waals surface area contributed by atoms with Gasteiger partial charge in [0, 0.05) is 44.0 Å². The van der Waals surface area contributed by atoms with Crippen molar-refractivity contribution in [1.82, 2.24) is 9.80 Å². The third kappa shape index (κ3) is 4.19. The van der Waals surface area contributed by atoms with Crippen LogP contribution in [0.25, 0.3) is 0 Å². The Morgan fingerprint density at radius 3 is 2.33 bits per heavy atom. The van der Waals surface area contributed by atoms with E-state index in [1.165, 1.54) is 7.11 Å². The van der Waals surface area contributed by atoms with E-state index in [1.807, 2.05) is 4.90 Å². The number of carbonyl (C=O) groups excluding carboxylic acids is 2. The molecule has 0 radical (unpaired) electrons. The van der Waals surface area contributed by atoms with Crippen LogP contribution in [0.15, 0.2) is 24.3 Å². The van der Waals surface area contributed by atoms with E-state index in [9.17, 15) is 9.59 Å². The first-order valence-electron chi connectivity index (χ1n) is 7.04. The molecule has 0 unspecified atom stereocenters. The van der Waals surface area contributed by atoms with Gasteiger partial charge >= 0.3 is 5.97 Å². The Hall–Kier alpha value is -2.08. The summed E-state index contributed by atoms with van der Waals surface area (Å²) in [6, 6.07) is 6.97. The van der Waals surface area contributed by atoms with Crippen molar-refractivity contribution >= 4 is 17.6 Å². The Kier molecular flexibility index (Phi) is 5.16. The lowest BCUT2D eigenvalue weighted by Gasteiger charge is -2.34. The molecule has 1 aliphatic rings. The number of ether oxygens (including phenoxy) is 1. The zero-order chi connectivity index (χ0) is 15.2. The van der Waals surface area contributed by atoms with Crippen molar-refractivity contribution in [1.29, 1.82) is 0 Å². The van der Waals surface area contributed by atoms with Gasteiger partial charge in [-0.05, 0) is 24.3 Å². The molecule has 2 rings (SSSR count). The quantitative estimate of drug-likeness (QED) is 0.649. The number of hydrogen-bond acceptors (Lipinski definition) is 5. The molecule has 114 valence electrons. The molecule has 0 aromatic heterocycles. The predicted octanol–water partition coefficient (Wildman–Crippen LogP) is 0.590. The maximum Gasteiger partial charge on any atom is 0.306 e. The zero-order valence-corrected chi connectivity index (χ0v) is 12.2. The fourth-order valence-electron chi connectivity index (χ4n) is 2.33. The van der Waals surface area contributed by atoms with Crippen LogP contribution in [0.5, 0.6) is 0 Å². The van der Waals surface area contributed by atoms with E-state index < -0.39 is 0 Å². The van der Waals surface area contributed by atoms with Gasteiger partial charge in [0.2, 0.25) is 0 Å². The summed E-state index contributed by atoms with van der Waals surface area (Å²) in [5, 5.41) is 0. The Bertz CT molecular complexity index is 493. The molecule has 6 heteroatoms. The molecule has 1 aromatic carbocycles. The number of piperazine rings is 1. The van der Waals surface area contributed by atoms with Crippen molar-refractivity contribution in [2.75, 3.05) is 45.6 Å². The Labute approximate surface area is 124 Å². The lowest BCUT2D eigenvalue weighted by atomic mass is 10.1. The lowest BCUT2D eigenvalue weighted by molar-refractivity contribution is -0.141. The first kappa shape index (κ1) is 15.3. The average molecular weight is 291 g/mol. The molecule has 1 aliphatic heterocycles. The first-order chi connectivity index (χ1) is 10.1. The molecule has 1 saturated heterocycles. The molecule has 1 fully saturated rings. The summed E-state index contributed by atoms with van der Waals surface area (Å²) in [6.45, 7) is 3.57. The molecule has 0 aliphatic carbocycles. The topological polar surface area (TPSA) is 75.9 Å². The lowest BCUT2D eigenvalue weighted by Crippen LogP contribution is -2.49. The molecule has 2 N–H and O–H groups in total. The van der Waals surface area contributed by atoms with Crippen LogP contribution in [0.4, 0.5) is 5.69 Å². The maximum absolute atomic E-state index is 12.3. The minimum atomic E-state index is -0.199. The van der Waals surface area contributed by atoms with Crippen molar-refractivity contribution in [3.8, 4) is 0 Å². The summed E-state index contributed by atoms with van der Waals surface area (Å²) in [5.74, 6) is -0.169. The second-order valence-corrected chi connectivity index (χ2v) is 5.08. The minimum absolute atomic E-state index is 0.0302. The van der Waals surface area contributed by atoms with E-state index >= 15 is 0 Å². The van der Waals surface area contributed by atoms with Crippen LogP contribution in [-0.4, -0.2) is 61.5 Å². The molecule has 6 nitrogen and oxygen atoms in total. The smallest absolute Gasteiger partial charge is 0.306 e. The highest BCUT2D eigenvalue weighted by molar-refractivity contribution is 5.94. The number of nitrogens with zero attached hydrogens (tertiary/aromatic N) is 2. The van der Waals surface area contributed by atoms with Gasteiger partial charge in [0.15, 0.2) is 0 Å². The number of benzene rings is 1. The number of anilines is 1. The second-order valence-electron chi connectivity index (χ2n) is 5.08. The van der Waals surface area contributed by atoms with Gasteiger partial charge < -0.3 is 15.4 Å². The minimum Gasteiger partial charge on any atom is -0.469 e. The van der Waals surface area contributed by atoms with Crippen LogP contribution in [0.2, 0.25) is 0 Å². The summed E-state index contributed by atoms with van der Waals surface area (Å²) < 4.78 is 4.63. The predicted molar refractivity (Wildman–Crippen MR) is 79.8 cm³/mol. The Balaban J connectivity index is 1.82. The van der Waals surface area contributed by atoms with E-state index in [2.05, 4.69) is 9.64 Å². The van der Waals surface area contributed by atoms with E-state index in [4.69, 9.17) is 5.73 Å². The highest BCUT2D eigenvalue weighted by Gasteiger charge is 2.22. The number of carbonyl (C=O) groups is 2. The number of amides is 1. The van der Waals surface area contributed by atoms with Gasteiger partial charge in [-0.2, -0.15) is 0 Å². The number of esters is 1. The van der Waals surface area contributed by atoms with Gasteiger partial charge in [-0.3, -0.25) is 14.5 Å². The number of nitrogen functional groups attached to an aromatic ring is 1. The number of nitrogens with two attached hydrogens (primary N) is 1. The van der Waals surface area contributed by atoms with Gasteiger partial charge in [-0.1, -0.05) is 0 Å². The largest absolute Gasteiger partial charge is 0.469 e. The molecular weight excluding hydrogens is 270 g/mol. The van der Waals surface area contributed by atoms with Gasteiger partial charge in [0.05, 0.1) is 13.5 Å². The number of methoxy groups -OCH3 is 1. The van der Waals surface area contributed by atoms with Crippen LogP contribution >= 0.6 is 0 Å². The van der Waals surface area contributed by atoms with Gasteiger partial charge in [0.25, 0.3) is 5.91 Å². The first-order valence-corrected chi connectivity index (χ1v) is 7.04. The zero-order valence-electron chi connectivity index (χ0n) is 12.2. The SMILES string of the molecule is COC(=O)CCN1CCN(C(=O)c2ccc(N)cc2)CC1. The fraction of sp³-hybridized carbons (Fsp3) is 0.467. The molecule has 0 atom stereocenters. The van der Waals surface area contributed by atoms with Crippen LogP contribution in [0.1, 0.15) is 16.8 Å². The second kappa shape index (κ2) is 7.08. The van der Waals surface area contributed by atoms with E-state index in [0.717, 1.165) is 13.1 Å². The number of hydrogen-bond donors (Lipinski definition) is 1. The van der Waals surface area contributed by atoms with Gasteiger partial charge in [-0.15, -0.1) is 0 Å². The summed E-state index contributed by atoms with van der Waals surface area (Å²) in [5.41, 5.74) is 6.93. The molecule has 1 heterocycles.